The van der Waals surface area contributed by atoms with Crippen LogP contribution in [0.4, 0.5) is 0 Å². The molecule has 0 N–H and O–H groups in total. The van der Waals surface area contributed by atoms with Gasteiger partial charge in [0.15, 0.2) is 0 Å². The first-order valence-corrected chi connectivity index (χ1v) is 3.22. The largest absolute Gasteiger partial charge is 0.427 e. The van der Waals surface area contributed by atoms with E-state index < -0.39 is 11.8 Å². The summed E-state index contributed by atoms with van der Waals surface area (Å²) in [6, 6.07) is 0. The maximum Gasteiger partial charge on any atom is 0.332 e. The monoisotopic (exact) mass is 142 g/mol. The molecule has 1 atom stereocenters. The molecule has 0 aliphatic carbocycles. The van der Waals surface area contributed by atoms with Crippen molar-refractivity contribution in [2.24, 2.45) is 0 Å². The molecule has 3 heteroatoms. The van der Waals surface area contributed by atoms with E-state index in [1.54, 1.807) is 0 Å². The van der Waals surface area contributed by atoms with E-state index >= 15 is 0 Å². The molecule has 0 radical (unpaired) electrons. The van der Waals surface area contributed by atoms with Gasteiger partial charge in [0.1, 0.15) is 6.61 Å². The smallest absolute Gasteiger partial charge is 0.332 e. The Morgan fingerprint density at radius 1 is 2.00 bits per heavy atom. The molecule has 56 valence electrons. The van der Waals surface area contributed by atoms with E-state index in [2.05, 4.69) is 6.58 Å². The molecule has 1 rings (SSSR count). The van der Waals surface area contributed by atoms with Crippen molar-refractivity contribution in [1.29, 1.82) is 0 Å². The van der Waals surface area contributed by atoms with Gasteiger partial charge >= 0.3 is 5.97 Å². The third-order valence-corrected chi connectivity index (χ3v) is 1.46. The van der Waals surface area contributed by atoms with E-state index in [0.717, 1.165) is 6.08 Å². The summed E-state index contributed by atoms with van der Waals surface area (Å²) in [6.45, 7) is 5.70. The molecule has 1 unspecified atom stereocenters. The van der Waals surface area contributed by atoms with E-state index in [1.165, 1.54) is 0 Å². The fraction of sp³-hybridized carbons (Fsp3) is 0.571. The van der Waals surface area contributed by atoms with Crippen LogP contribution in [-0.4, -0.2) is 18.4 Å². The summed E-state index contributed by atoms with van der Waals surface area (Å²) in [4.78, 5) is 10.6. The van der Waals surface area contributed by atoms with Crippen LogP contribution in [0.3, 0.4) is 0 Å². The maximum absolute atomic E-state index is 10.6. The minimum absolute atomic E-state index is 0.417. The first-order valence-electron chi connectivity index (χ1n) is 3.22. The lowest BCUT2D eigenvalue weighted by molar-refractivity contribution is -0.152. The van der Waals surface area contributed by atoms with Crippen LogP contribution < -0.4 is 0 Å². The predicted octanol–water partition coefficient (Wildman–Crippen LogP) is 0.852. The van der Waals surface area contributed by atoms with E-state index in [4.69, 9.17) is 9.47 Å². The van der Waals surface area contributed by atoms with Crippen LogP contribution in [0.5, 0.6) is 0 Å². The Morgan fingerprint density at radius 3 is 2.90 bits per heavy atom. The van der Waals surface area contributed by atoms with Crippen molar-refractivity contribution in [2.45, 2.75) is 19.1 Å². The second-order valence-corrected chi connectivity index (χ2v) is 2.18. The average Bonchev–Trinajstić information content (AvgIpc) is 2.70. The zero-order chi connectivity index (χ0) is 7.61. The molecule has 1 fully saturated rings. The van der Waals surface area contributed by atoms with Crippen molar-refractivity contribution in [1.82, 2.24) is 0 Å². The van der Waals surface area contributed by atoms with Gasteiger partial charge < -0.3 is 9.47 Å². The highest BCUT2D eigenvalue weighted by Gasteiger charge is 2.46. The Kier molecular flexibility index (Phi) is 1.76. The number of carbonyl (C=O) groups is 1. The highest BCUT2D eigenvalue weighted by molar-refractivity contribution is 5.81. The van der Waals surface area contributed by atoms with Gasteiger partial charge in [0.05, 0.1) is 0 Å². The van der Waals surface area contributed by atoms with Crippen LogP contribution in [0.25, 0.3) is 0 Å². The minimum Gasteiger partial charge on any atom is -0.427 e. The number of epoxide rings is 1. The molecule has 3 nitrogen and oxygen atoms in total. The van der Waals surface area contributed by atoms with Crippen molar-refractivity contribution in [3.63, 3.8) is 0 Å². The first kappa shape index (κ1) is 7.28. The van der Waals surface area contributed by atoms with Gasteiger partial charge in [-0.3, -0.25) is 0 Å². The van der Waals surface area contributed by atoms with Gasteiger partial charge in [0, 0.05) is 12.5 Å². The van der Waals surface area contributed by atoms with Gasteiger partial charge in [-0.2, -0.15) is 0 Å². The van der Waals surface area contributed by atoms with Crippen LogP contribution in [0.1, 0.15) is 13.3 Å². The Morgan fingerprint density at radius 2 is 2.60 bits per heavy atom. The average molecular weight is 142 g/mol. The lowest BCUT2D eigenvalue weighted by Gasteiger charge is -2.07. The molecule has 0 bridgehead atoms. The summed E-state index contributed by atoms with van der Waals surface area (Å²) in [7, 11) is 0. The zero-order valence-corrected chi connectivity index (χ0v) is 5.92. The fourth-order valence-electron chi connectivity index (χ4n) is 0.641. The molecule has 1 saturated heterocycles. The molecule has 1 heterocycles. The standard InChI is InChI=1S/C7H10O3/c1-3-6(8)10-7(4-2)5-9-7/h3H,1,4-5H2,2H3. The second-order valence-electron chi connectivity index (χ2n) is 2.18. The molecule has 0 aromatic heterocycles. The third kappa shape index (κ3) is 1.36. The topological polar surface area (TPSA) is 38.8 Å². The van der Waals surface area contributed by atoms with Gasteiger partial charge in [0.25, 0.3) is 0 Å². The molecular weight excluding hydrogens is 132 g/mol. The summed E-state index contributed by atoms with van der Waals surface area (Å²) >= 11 is 0. The quantitative estimate of drug-likeness (QED) is 0.333. The highest BCUT2D eigenvalue weighted by Crippen LogP contribution is 2.31. The number of ether oxygens (including phenoxy) is 2. The van der Waals surface area contributed by atoms with Gasteiger partial charge in [-0.15, -0.1) is 0 Å². The van der Waals surface area contributed by atoms with Crippen LogP contribution in [0, 0.1) is 0 Å². The number of rotatable bonds is 3. The van der Waals surface area contributed by atoms with Crippen molar-refractivity contribution < 1.29 is 14.3 Å². The van der Waals surface area contributed by atoms with Crippen LogP contribution in [0.2, 0.25) is 0 Å². The van der Waals surface area contributed by atoms with Crippen LogP contribution >= 0.6 is 0 Å². The van der Waals surface area contributed by atoms with Gasteiger partial charge in [0.2, 0.25) is 5.79 Å². The van der Waals surface area contributed by atoms with Gasteiger partial charge in [-0.05, 0) is 0 Å². The lowest BCUT2D eigenvalue weighted by Crippen LogP contribution is -2.18. The summed E-state index contributed by atoms with van der Waals surface area (Å²) in [5.74, 6) is -1.02. The predicted molar refractivity (Wildman–Crippen MR) is 35.3 cm³/mol. The Labute approximate surface area is 59.6 Å². The van der Waals surface area contributed by atoms with E-state index in [-0.39, 0.29) is 0 Å². The Balaban J connectivity index is 2.37. The van der Waals surface area contributed by atoms with Gasteiger partial charge in [-0.25, -0.2) is 4.79 Å². The molecule has 1 aliphatic heterocycles. The molecule has 0 saturated carbocycles. The molecule has 1 aliphatic rings. The molecule has 0 spiro atoms. The molecule has 0 amide bonds. The SMILES string of the molecule is C=CC(=O)OC1(CC)CO1. The second kappa shape index (κ2) is 2.42. The van der Waals surface area contributed by atoms with Crippen molar-refractivity contribution in [3.8, 4) is 0 Å². The fourth-order valence-corrected chi connectivity index (χ4v) is 0.641. The Bertz CT molecular complexity index is 158. The summed E-state index contributed by atoms with van der Waals surface area (Å²) in [6.07, 6.45) is 1.84. The molecule has 10 heavy (non-hydrogen) atoms. The number of carbonyl (C=O) groups excluding carboxylic acids is 1. The lowest BCUT2D eigenvalue weighted by atomic mass is 10.3. The van der Waals surface area contributed by atoms with E-state index in [0.29, 0.717) is 13.0 Å². The molecular formula is C7H10O3. The zero-order valence-electron chi connectivity index (χ0n) is 5.92. The molecule has 0 aromatic carbocycles. The number of esters is 1. The Hall–Kier alpha value is -0.830. The number of hydrogen-bond donors (Lipinski definition) is 0. The van der Waals surface area contributed by atoms with Crippen molar-refractivity contribution >= 4 is 5.97 Å². The van der Waals surface area contributed by atoms with Gasteiger partial charge in [-0.1, -0.05) is 13.5 Å². The van der Waals surface area contributed by atoms with Crippen molar-refractivity contribution in [3.05, 3.63) is 12.7 Å². The number of hydrogen-bond acceptors (Lipinski definition) is 3. The normalized spacial score (nSPS) is 29.3. The molecule has 0 aromatic rings. The van der Waals surface area contributed by atoms with Crippen LogP contribution in [-0.2, 0) is 14.3 Å². The van der Waals surface area contributed by atoms with E-state index in [9.17, 15) is 4.79 Å². The van der Waals surface area contributed by atoms with Crippen LogP contribution in [0.15, 0.2) is 12.7 Å². The third-order valence-electron chi connectivity index (χ3n) is 1.46. The minimum atomic E-state index is -0.606. The van der Waals surface area contributed by atoms with E-state index in [1.807, 2.05) is 6.92 Å². The maximum atomic E-state index is 10.6. The first-order chi connectivity index (χ1) is 4.72. The summed E-state index contributed by atoms with van der Waals surface area (Å²) in [5.41, 5.74) is 0. The summed E-state index contributed by atoms with van der Waals surface area (Å²) < 4.78 is 9.80. The summed E-state index contributed by atoms with van der Waals surface area (Å²) in [5, 5.41) is 0. The highest BCUT2D eigenvalue weighted by atomic mass is 16.8. The van der Waals surface area contributed by atoms with Crippen molar-refractivity contribution in [2.75, 3.05) is 6.61 Å².